The van der Waals surface area contributed by atoms with Gasteiger partial charge in [0.15, 0.2) is 6.61 Å². The first kappa shape index (κ1) is 18.1. The lowest BCUT2D eigenvalue weighted by molar-refractivity contribution is -0.123. The molecule has 24 heavy (non-hydrogen) atoms. The second-order valence-corrected chi connectivity index (χ2v) is 6.02. The molecule has 7 heteroatoms. The number of benzene rings is 2. The number of carbonyl (C=O) groups is 1. The molecule has 0 radical (unpaired) electrons. The third kappa shape index (κ3) is 4.88. The Morgan fingerprint density at radius 3 is 2.75 bits per heavy atom. The van der Waals surface area contributed by atoms with Gasteiger partial charge in [0.1, 0.15) is 11.5 Å². The lowest BCUT2D eigenvalue weighted by Gasteiger charge is -2.08. The molecule has 0 aliphatic rings. The van der Waals surface area contributed by atoms with Crippen molar-refractivity contribution >= 4 is 35.3 Å². The predicted octanol–water partition coefficient (Wildman–Crippen LogP) is 3.84. The zero-order valence-corrected chi connectivity index (χ0v) is 14.6. The van der Waals surface area contributed by atoms with Crippen molar-refractivity contribution in [2.45, 2.75) is 13.8 Å². The Labute approximate surface area is 149 Å². The average Bonchev–Trinajstić information content (AvgIpc) is 2.51. The summed E-state index contributed by atoms with van der Waals surface area (Å²) < 4.78 is 5.44. The standard InChI is InChI=1S/C17H16Cl2N2O3/c1-10-3-4-15(11(2)5-10)24-9-16(22)21-20-8-12-6-13(18)7-14(19)17(12)23/h3-8,23H,9H2,1-2H3,(H,21,22)/b20-8+. The fourth-order valence-corrected chi connectivity index (χ4v) is 2.50. The molecule has 0 spiro atoms. The Morgan fingerprint density at radius 1 is 1.29 bits per heavy atom. The molecule has 0 aliphatic carbocycles. The van der Waals surface area contributed by atoms with Crippen LogP contribution in [0.15, 0.2) is 35.4 Å². The van der Waals surface area contributed by atoms with Gasteiger partial charge < -0.3 is 9.84 Å². The van der Waals surface area contributed by atoms with Gasteiger partial charge >= 0.3 is 0 Å². The van der Waals surface area contributed by atoms with E-state index < -0.39 is 5.91 Å². The number of aromatic hydroxyl groups is 1. The lowest BCUT2D eigenvalue weighted by Crippen LogP contribution is -2.24. The summed E-state index contributed by atoms with van der Waals surface area (Å²) in [5.74, 6) is 0.0448. The topological polar surface area (TPSA) is 70.9 Å². The Hall–Kier alpha value is -2.24. The molecule has 2 aromatic rings. The van der Waals surface area contributed by atoms with E-state index in [2.05, 4.69) is 10.5 Å². The van der Waals surface area contributed by atoms with Gasteiger partial charge in [0.2, 0.25) is 0 Å². The van der Waals surface area contributed by atoms with E-state index in [1.807, 2.05) is 32.0 Å². The van der Waals surface area contributed by atoms with Crippen molar-refractivity contribution in [1.82, 2.24) is 5.43 Å². The van der Waals surface area contributed by atoms with Gasteiger partial charge in [-0.1, -0.05) is 40.9 Å². The van der Waals surface area contributed by atoms with E-state index in [1.54, 1.807) is 0 Å². The first-order valence-electron chi connectivity index (χ1n) is 7.07. The minimum atomic E-state index is -0.432. The van der Waals surface area contributed by atoms with Crippen molar-refractivity contribution in [3.8, 4) is 11.5 Å². The molecule has 0 bridgehead atoms. The van der Waals surface area contributed by atoms with Crippen LogP contribution >= 0.6 is 23.2 Å². The van der Waals surface area contributed by atoms with E-state index >= 15 is 0 Å². The van der Waals surface area contributed by atoms with Gasteiger partial charge in [0.25, 0.3) is 5.91 Å². The lowest BCUT2D eigenvalue weighted by atomic mass is 10.1. The summed E-state index contributed by atoms with van der Waals surface area (Å²) in [5, 5.41) is 14.0. The Kier molecular flexibility index (Phi) is 6.06. The van der Waals surface area contributed by atoms with Crippen LogP contribution in [0.5, 0.6) is 11.5 Å². The third-order valence-electron chi connectivity index (χ3n) is 3.14. The summed E-state index contributed by atoms with van der Waals surface area (Å²) >= 11 is 11.6. The van der Waals surface area contributed by atoms with E-state index in [1.165, 1.54) is 18.3 Å². The summed E-state index contributed by atoms with van der Waals surface area (Å²) in [4.78, 5) is 11.7. The quantitative estimate of drug-likeness (QED) is 0.623. The van der Waals surface area contributed by atoms with Gasteiger partial charge in [-0.05, 0) is 37.6 Å². The zero-order valence-electron chi connectivity index (χ0n) is 13.1. The molecular formula is C17H16Cl2N2O3. The highest BCUT2D eigenvalue weighted by molar-refractivity contribution is 6.36. The van der Waals surface area contributed by atoms with E-state index in [-0.39, 0.29) is 17.4 Å². The fraction of sp³-hybridized carbons (Fsp3) is 0.176. The Balaban J connectivity index is 1.91. The number of ether oxygens (including phenoxy) is 1. The van der Waals surface area contributed by atoms with Gasteiger partial charge in [-0.3, -0.25) is 4.79 Å². The minimum absolute atomic E-state index is 0.105. The molecule has 0 saturated carbocycles. The number of nitrogens with one attached hydrogen (secondary N) is 1. The van der Waals surface area contributed by atoms with E-state index in [9.17, 15) is 9.90 Å². The average molecular weight is 367 g/mol. The highest BCUT2D eigenvalue weighted by Crippen LogP contribution is 2.29. The van der Waals surface area contributed by atoms with Crippen LogP contribution in [0.3, 0.4) is 0 Å². The number of nitrogens with zero attached hydrogens (tertiary/aromatic N) is 1. The van der Waals surface area contributed by atoms with E-state index in [0.29, 0.717) is 16.3 Å². The van der Waals surface area contributed by atoms with Gasteiger partial charge in [-0.25, -0.2) is 5.43 Å². The molecular weight excluding hydrogens is 351 g/mol. The van der Waals surface area contributed by atoms with Crippen molar-refractivity contribution in [3.63, 3.8) is 0 Å². The summed E-state index contributed by atoms with van der Waals surface area (Å²) in [6.45, 7) is 3.71. The van der Waals surface area contributed by atoms with Crippen LogP contribution in [0.1, 0.15) is 16.7 Å². The number of hydrazone groups is 1. The van der Waals surface area contributed by atoms with Crippen molar-refractivity contribution < 1.29 is 14.6 Å². The molecule has 126 valence electrons. The Bertz CT molecular complexity index is 792. The first-order valence-corrected chi connectivity index (χ1v) is 7.82. The van der Waals surface area contributed by atoms with Gasteiger partial charge in [-0.2, -0.15) is 5.10 Å². The van der Waals surface area contributed by atoms with Crippen molar-refractivity contribution in [1.29, 1.82) is 0 Å². The van der Waals surface area contributed by atoms with Gasteiger partial charge in [0.05, 0.1) is 11.2 Å². The fourth-order valence-electron chi connectivity index (χ4n) is 1.99. The zero-order chi connectivity index (χ0) is 17.7. The Morgan fingerprint density at radius 2 is 2.04 bits per heavy atom. The number of rotatable bonds is 5. The number of carbonyl (C=O) groups excluding carboxylic acids is 1. The largest absolute Gasteiger partial charge is 0.506 e. The number of hydrogen-bond acceptors (Lipinski definition) is 4. The van der Waals surface area contributed by atoms with Gasteiger partial charge in [-0.15, -0.1) is 0 Å². The van der Waals surface area contributed by atoms with Crippen LogP contribution in [-0.2, 0) is 4.79 Å². The molecule has 2 rings (SSSR count). The molecule has 2 aromatic carbocycles. The van der Waals surface area contributed by atoms with Crippen LogP contribution in [0.4, 0.5) is 0 Å². The second-order valence-electron chi connectivity index (χ2n) is 5.18. The molecule has 0 fully saturated rings. The van der Waals surface area contributed by atoms with Crippen molar-refractivity contribution in [3.05, 3.63) is 57.1 Å². The van der Waals surface area contributed by atoms with Crippen molar-refractivity contribution in [2.75, 3.05) is 6.61 Å². The number of amides is 1. The highest BCUT2D eigenvalue weighted by atomic mass is 35.5. The number of hydrogen-bond donors (Lipinski definition) is 2. The van der Waals surface area contributed by atoms with Crippen LogP contribution in [0.2, 0.25) is 10.0 Å². The predicted molar refractivity (Wildman–Crippen MR) is 95.3 cm³/mol. The molecule has 2 N–H and O–H groups in total. The highest BCUT2D eigenvalue weighted by Gasteiger charge is 2.07. The minimum Gasteiger partial charge on any atom is -0.506 e. The molecule has 5 nitrogen and oxygen atoms in total. The van der Waals surface area contributed by atoms with Crippen LogP contribution in [-0.4, -0.2) is 23.8 Å². The summed E-state index contributed by atoms with van der Waals surface area (Å²) in [6, 6.07) is 8.57. The SMILES string of the molecule is Cc1ccc(OCC(=O)N/N=C/c2cc(Cl)cc(Cl)c2O)c(C)c1. The molecule has 0 aromatic heterocycles. The van der Waals surface area contributed by atoms with E-state index in [4.69, 9.17) is 27.9 Å². The molecule has 0 atom stereocenters. The maximum atomic E-state index is 11.7. The number of halogens is 2. The van der Waals surface area contributed by atoms with Crippen LogP contribution in [0, 0.1) is 13.8 Å². The molecule has 0 saturated heterocycles. The maximum Gasteiger partial charge on any atom is 0.277 e. The molecule has 0 aliphatic heterocycles. The normalized spacial score (nSPS) is 10.8. The summed E-state index contributed by atoms with van der Waals surface area (Å²) in [6.07, 6.45) is 1.25. The van der Waals surface area contributed by atoms with Crippen LogP contribution in [0.25, 0.3) is 0 Å². The van der Waals surface area contributed by atoms with Crippen molar-refractivity contribution in [2.24, 2.45) is 5.10 Å². The first-order chi connectivity index (χ1) is 11.4. The smallest absolute Gasteiger partial charge is 0.277 e. The number of aryl methyl sites for hydroxylation is 2. The third-order valence-corrected chi connectivity index (χ3v) is 3.65. The molecule has 0 unspecified atom stereocenters. The molecule has 1 amide bonds. The summed E-state index contributed by atoms with van der Waals surface area (Å²) in [5.41, 5.74) is 4.67. The monoisotopic (exact) mass is 366 g/mol. The summed E-state index contributed by atoms with van der Waals surface area (Å²) in [7, 11) is 0. The van der Waals surface area contributed by atoms with Gasteiger partial charge in [0, 0.05) is 10.6 Å². The maximum absolute atomic E-state index is 11.7. The number of phenolic OH excluding ortho intramolecular Hbond substituents is 1. The van der Waals surface area contributed by atoms with Crippen LogP contribution < -0.4 is 10.2 Å². The second kappa shape index (κ2) is 8.04. The number of phenols is 1. The van der Waals surface area contributed by atoms with E-state index in [0.717, 1.165) is 11.1 Å². The molecule has 0 heterocycles.